The van der Waals surface area contributed by atoms with E-state index in [-0.39, 0.29) is 10.9 Å². The Morgan fingerprint density at radius 1 is 1.35 bits per heavy atom. The molecule has 0 bridgehead atoms. The molecule has 2 saturated heterocycles. The van der Waals surface area contributed by atoms with Gasteiger partial charge < -0.3 is 10.2 Å². The topological polar surface area (TPSA) is 35.6 Å². The van der Waals surface area contributed by atoms with Gasteiger partial charge in [0, 0.05) is 39.3 Å². The van der Waals surface area contributed by atoms with Crippen molar-refractivity contribution in [3.63, 3.8) is 0 Å². The van der Waals surface area contributed by atoms with Crippen LogP contribution in [-0.2, 0) is 0 Å². The smallest absolute Gasteiger partial charge is 0.255 e. The van der Waals surface area contributed by atoms with Crippen LogP contribution in [0.4, 0.5) is 4.39 Å². The quantitative estimate of drug-likeness (QED) is 0.917. The molecule has 1 aromatic carbocycles. The van der Waals surface area contributed by atoms with Crippen molar-refractivity contribution in [2.24, 2.45) is 5.41 Å². The van der Waals surface area contributed by atoms with Gasteiger partial charge in [-0.3, -0.25) is 9.69 Å². The second kappa shape index (κ2) is 6.75. The minimum absolute atomic E-state index is 0.108. The van der Waals surface area contributed by atoms with E-state index < -0.39 is 5.82 Å². The molecule has 126 valence electrons. The number of amides is 1. The average Bonchev–Trinajstić information content (AvgIpc) is 2.94. The van der Waals surface area contributed by atoms with Gasteiger partial charge in [-0.05, 0) is 36.6 Å². The predicted octanol–water partition coefficient (Wildman–Crippen LogP) is 2.24. The molecule has 1 aromatic rings. The van der Waals surface area contributed by atoms with Crippen LogP contribution in [0, 0.1) is 11.2 Å². The normalized spacial score (nSPS) is 25.8. The lowest BCUT2D eigenvalue weighted by Crippen LogP contribution is -2.51. The Labute approximate surface area is 141 Å². The molecule has 23 heavy (non-hydrogen) atoms. The number of hydrogen-bond donors (Lipinski definition) is 1. The lowest BCUT2D eigenvalue weighted by molar-refractivity contribution is 0.0581. The first-order valence-electron chi connectivity index (χ1n) is 8.14. The van der Waals surface area contributed by atoms with Crippen molar-refractivity contribution >= 4 is 17.5 Å². The van der Waals surface area contributed by atoms with Crippen molar-refractivity contribution in [3.8, 4) is 0 Å². The summed E-state index contributed by atoms with van der Waals surface area (Å²) in [6, 6.07) is 3.94. The Hall–Kier alpha value is -1.17. The molecule has 0 spiro atoms. The molecule has 2 fully saturated rings. The lowest BCUT2D eigenvalue weighted by atomic mass is 9.89. The van der Waals surface area contributed by atoms with Gasteiger partial charge in [-0.1, -0.05) is 18.5 Å². The monoisotopic (exact) mass is 339 g/mol. The summed E-state index contributed by atoms with van der Waals surface area (Å²) in [6.07, 6.45) is 1.21. The second-order valence-electron chi connectivity index (χ2n) is 6.93. The first kappa shape index (κ1) is 16.7. The zero-order chi connectivity index (χ0) is 16.4. The van der Waals surface area contributed by atoms with Crippen LogP contribution in [0.1, 0.15) is 23.7 Å². The summed E-state index contributed by atoms with van der Waals surface area (Å²) in [5.41, 5.74) is 0.723. The van der Waals surface area contributed by atoms with Gasteiger partial charge in [-0.25, -0.2) is 4.39 Å². The zero-order valence-corrected chi connectivity index (χ0v) is 14.2. The fraction of sp³-hybridized carbons (Fsp3) is 0.588. The third kappa shape index (κ3) is 3.84. The highest BCUT2D eigenvalue weighted by atomic mass is 35.5. The fourth-order valence-corrected chi connectivity index (χ4v) is 3.73. The Morgan fingerprint density at radius 2 is 2.09 bits per heavy atom. The van der Waals surface area contributed by atoms with Crippen molar-refractivity contribution in [2.45, 2.75) is 13.3 Å². The average molecular weight is 340 g/mol. The number of nitrogens with zero attached hydrogens (tertiary/aromatic N) is 2. The van der Waals surface area contributed by atoms with Crippen LogP contribution in [0.3, 0.4) is 0 Å². The second-order valence-corrected chi connectivity index (χ2v) is 7.34. The minimum Gasteiger partial charge on any atom is -0.336 e. The van der Waals surface area contributed by atoms with E-state index in [1.165, 1.54) is 24.6 Å². The van der Waals surface area contributed by atoms with Gasteiger partial charge in [0.15, 0.2) is 0 Å². The molecule has 3 rings (SSSR count). The van der Waals surface area contributed by atoms with Crippen molar-refractivity contribution < 1.29 is 9.18 Å². The van der Waals surface area contributed by atoms with Crippen molar-refractivity contribution in [3.05, 3.63) is 34.6 Å². The molecule has 2 aliphatic rings. The fourth-order valence-electron chi connectivity index (χ4n) is 3.49. The number of benzene rings is 1. The van der Waals surface area contributed by atoms with Crippen molar-refractivity contribution in [1.29, 1.82) is 0 Å². The third-order valence-corrected chi connectivity index (χ3v) is 5.20. The molecule has 2 heterocycles. The van der Waals surface area contributed by atoms with E-state index in [2.05, 4.69) is 17.1 Å². The molecule has 2 aliphatic heterocycles. The molecular formula is C17H23ClFN3O. The van der Waals surface area contributed by atoms with Crippen LogP contribution in [0.2, 0.25) is 5.02 Å². The minimum atomic E-state index is -0.421. The number of carbonyl (C=O) groups is 1. The molecule has 1 amide bonds. The van der Waals surface area contributed by atoms with E-state index >= 15 is 0 Å². The maximum Gasteiger partial charge on any atom is 0.255 e. The van der Waals surface area contributed by atoms with Crippen LogP contribution >= 0.6 is 11.6 Å². The molecule has 4 nitrogen and oxygen atoms in total. The predicted molar refractivity (Wildman–Crippen MR) is 89.3 cm³/mol. The summed E-state index contributed by atoms with van der Waals surface area (Å²) < 4.78 is 13.1. The summed E-state index contributed by atoms with van der Waals surface area (Å²) in [5.74, 6) is -0.529. The van der Waals surface area contributed by atoms with Gasteiger partial charge >= 0.3 is 0 Å². The highest BCUT2D eigenvalue weighted by molar-refractivity contribution is 6.33. The van der Waals surface area contributed by atoms with Gasteiger partial charge in [-0.15, -0.1) is 0 Å². The molecule has 0 radical (unpaired) electrons. The van der Waals surface area contributed by atoms with Crippen molar-refractivity contribution in [1.82, 2.24) is 15.1 Å². The molecule has 1 N–H and O–H groups in total. The third-order valence-electron chi connectivity index (χ3n) is 4.88. The number of halogens is 2. The number of hydrogen-bond acceptors (Lipinski definition) is 3. The molecule has 0 saturated carbocycles. The first-order valence-corrected chi connectivity index (χ1v) is 8.52. The van der Waals surface area contributed by atoms with Gasteiger partial charge in [0.1, 0.15) is 5.82 Å². The summed E-state index contributed by atoms with van der Waals surface area (Å²) in [4.78, 5) is 16.8. The Bertz CT molecular complexity index is 581. The SMILES string of the molecule is CC1(CN2CCN(C(=O)c3ccc(F)cc3Cl)CC2)CCNC1. The van der Waals surface area contributed by atoms with E-state index in [0.717, 1.165) is 32.7 Å². The Balaban J connectivity index is 1.57. The molecule has 0 aliphatic carbocycles. The maximum absolute atomic E-state index is 13.1. The molecule has 1 atom stereocenters. The zero-order valence-electron chi connectivity index (χ0n) is 13.4. The molecule has 6 heteroatoms. The highest BCUT2D eigenvalue weighted by Crippen LogP contribution is 2.26. The number of nitrogens with one attached hydrogen (secondary N) is 1. The van der Waals surface area contributed by atoms with E-state index in [9.17, 15) is 9.18 Å². The lowest BCUT2D eigenvalue weighted by Gasteiger charge is -2.38. The number of rotatable bonds is 3. The highest BCUT2D eigenvalue weighted by Gasteiger charge is 2.32. The van der Waals surface area contributed by atoms with Crippen LogP contribution in [-0.4, -0.2) is 61.5 Å². The summed E-state index contributed by atoms with van der Waals surface area (Å²) in [5, 5.41) is 3.61. The van der Waals surface area contributed by atoms with Crippen LogP contribution in [0.15, 0.2) is 18.2 Å². The molecule has 0 aromatic heterocycles. The largest absolute Gasteiger partial charge is 0.336 e. The number of piperazine rings is 1. The summed E-state index contributed by atoms with van der Waals surface area (Å²) >= 11 is 6.00. The van der Waals surface area contributed by atoms with Gasteiger partial charge in [0.05, 0.1) is 10.6 Å². The Morgan fingerprint density at radius 3 is 2.70 bits per heavy atom. The van der Waals surface area contributed by atoms with E-state index in [4.69, 9.17) is 11.6 Å². The summed E-state index contributed by atoms with van der Waals surface area (Å²) in [6.45, 7) is 8.68. The van der Waals surface area contributed by atoms with Crippen LogP contribution < -0.4 is 5.32 Å². The van der Waals surface area contributed by atoms with Crippen LogP contribution in [0.5, 0.6) is 0 Å². The van der Waals surface area contributed by atoms with Gasteiger partial charge in [-0.2, -0.15) is 0 Å². The van der Waals surface area contributed by atoms with E-state index in [1.54, 1.807) is 0 Å². The molecule has 1 unspecified atom stereocenters. The van der Waals surface area contributed by atoms with Crippen LogP contribution in [0.25, 0.3) is 0 Å². The first-order chi connectivity index (χ1) is 11.0. The maximum atomic E-state index is 13.1. The summed E-state index contributed by atoms with van der Waals surface area (Å²) in [7, 11) is 0. The Kier molecular flexibility index (Phi) is 4.90. The van der Waals surface area contributed by atoms with Gasteiger partial charge in [0.25, 0.3) is 5.91 Å². The molecular weight excluding hydrogens is 317 g/mol. The van der Waals surface area contributed by atoms with Gasteiger partial charge in [0.2, 0.25) is 0 Å². The van der Waals surface area contributed by atoms with E-state index in [1.807, 2.05) is 4.90 Å². The number of carbonyl (C=O) groups excluding carboxylic acids is 1. The van der Waals surface area contributed by atoms with Crippen molar-refractivity contribution in [2.75, 3.05) is 45.8 Å². The van der Waals surface area contributed by atoms with E-state index in [0.29, 0.717) is 24.1 Å². The standard InChI is InChI=1S/C17H23ClFN3O/c1-17(4-5-20-11-17)12-21-6-8-22(9-7-21)16(23)14-3-2-13(19)10-15(14)18/h2-3,10,20H,4-9,11-12H2,1H3.